The van der Waals surface area contributed by atoms with Gasteiger partial charge in [-0.25, -0.2) is 0 Å². The Labute approximate surface area is 115 Å². The topological polar surface area (TPSA) is 23.5 Å². The summed E-state index contributed by atoms with van der Waals surface area (Å²) in [7, 11) is 2.30. The van der Waals surface area contributed by atoms with E-state index < -0.39 is 0 Å². The molecular weight excluding hydrogens is 234 g/mol. The molecule has 1 aromatic carbocycles. The molecule has 2 bridgehead atoms. The number of piperidine rings is 1. The van der Waals surface area contributed by atoms with Gasteiger partial charge in [-0.15, -0.1) is 0 Å². The summed E-state index contributed by atoms with van der Waals surface area (Å²) >= 11 is 0. The molecule has 0 amide bonds. The average Bonchev–Trinajstić information content (AvgIpc) is 2.43. The Morgan fingerprint density at radius 1 is 1.26 bits per heavy atom. The average molecular weight is 257 g/mol. The first-order chi connectivity index (χ1) is 9.21. The molecule has 1 saturated heterocycles. The number of hydrogen-bond donors (Lipinski definition) is 1. The van der Waals surface area contributed by atoms with Crippen molar-refractivity contribution in [3.63, 3.8) is 0 Å². The van der Waals surface area contributed by atoms with Crippen LogP contribution in [0, 0.1) is 5.92 Å². The maximum absolute atomic E-state index is 9.91. The molecule has 3 aliphatic rings. The summed E-state index contributed by atoms with van der Waals surface area (Å²) in [6.07, 6.45) is 7.93. The lowest BCUT2D eigenvalue weighted by Gasteiger charge is -2.58. The van der Waals surface area contributed by atoms with Gasteiger partial charge in [-0.05, 0) is 68.5 Å². The summed E-state index contributed by atoms with van der Waals surface area (Å²) in [6.45, 7) is 1.22. The molecule has 2 aliphatic carbocycles. The Kier molecular flexibility index (Phi) is 2.47. The van der Waals surface area contributed by atoms with Gasteiger partial charge in [-0.2, -0.15) is 0 Å². The summed E-state index contributed by atoms with van der Waals surface area (Å²) in [5.41, 5.74) is 3.36. The zero-order valence-corrected chi connectivity index (χ0v) is 11.7. The van der Waals surface area contributed by atoms with Gasteiger partial charge in [0.15, 0.2) is 0 Å². The van der Waals surface area contributed by atoms with E-state index in [-0.39, 0.29) is 0 Å². The van der Waals surface area contributed by atoms with E-state index in [9.17, 15) is 5.11 Å². The van der Waals surface area contributed by atoms with Gasteiger partial charge in [0.05, 0.1) is 0 Å². The first kappa shape index (κ1) is 11.8. The third kappa shape index (κ3) is 1.53. The first-order valence-corrected chi connectivity index (χ1v) is 7.73. The van der Waals surface area contributed by atoms with Gasteiger partial charge in [0.1, 0.15) is 5.75 Å². The Balaban J connectivity index is 1.90. The summed E-state index contributed by atoms with van der Waals surface area (Å²) in [5.74, 6) is 1.27. The Hall–Kier alpha value is -1.02. The van der Waals surface area contributed by atoms with Crippen LogP contribution in [0.25, 0.3) is 0 Å². The van der Waals surface area contributed by atoms with Crippen molar-refractivity contribution in [1.29, 1.82) is 0 Å². The van der Waals surface area contributed by atoms with E-state index in [1.807, 2.05) is 6.07 Å². The fourth-order valence-corrected chi connectivity index (χ4v) is 5.18. The van der Waals surface area contributed by atoms with E-state index in [2.05, 4.69) is 24.1 Å². The standard InChI is InChI=1S/C17H23NO/c1-18-9-8-17-7-3-2-4-14(17)16(18)10-12-5-6-13(19)11-15(12)17/h5-6,11,14,16,19H,2-4,7-10H2,1H3/t14-,16-,17-/m0/s1. The first-order valence-electron chi connectivity index (χ1n) is 7.73. The Morgan fingerprint density at radius 2 is 2.16 bits per heavy atom. The van der Waals surface area contributed by atoms with Gasteiger partial charge in [0.2, 0.25) is 0 Å². The van der Waals surface area contributed by atoms with Crippen molar-refractivity contribution in [3.05, 3.63) is 29.3 Å². The van der Waals surface area contributed by atoms with Crippen LogP contribution in [0.4, 0.5) is 0 Å². The SMILES string of the molecule is CN1CC[C@@]23CCCC[C@H]2[C@@H]1Cc1ccc(O)cc13. The number of phenols is 1. The maximum Gasteiger partial charge on any atom is 0.115 e. The van der Waals surface area contributed by atoms with Crippen LogP contribution >= 0.6 is 0 Å². The second-order valence-corrected chi connectivity index (χ2v) is 6.85. The van der Waals surface area contributed by atoms with Gasteiger partial charge in [0, 0.05) is 11.5 Å². The smallest absolute Gasteiger partial charge is 0.115 e. The van der Waals surface area contributed by atoms with Crippen LogP contribution in [0.1, 0.15) is 43.2 Å². The van der Waals surface area contributed by atoms with Crippen molar-refractivity contribution in [2.45, 2.75) is 50.0 Å². The summed E-state index contributed by atoms with van der Waals surface area (Å²) in [5, 5.41) is 9.91. The zero-order valence-electron chi connectivity index (χ0n) is 11.7. The number of rotatable bonds is 0. The van der Waals surface area contributed by atoms with Gasteiger partial charge in [-0.1, -0.05) is 18.9 Å². The largest absolute Gasteiger partial charge is 0.508 e. The third-order valence-corrected chi connectivity index (χ3v) is 6.10. The molecule has 1 N–H and O–H groups in total. The minimum Gasteiger partial charge on any atom is -0.508 e. The highest BCUT2D eigenvalue weighted by molar-refractivity contribution is 5.45. The molecule has 2 fully saturated rings. The van der Waals surface area contributed by atoms with Crippen LogP contribution in [0.5, 0.6) is 5.75 Å². The number of likely N-dealkylation sites (N-methyl/N-ethyl adjacent to an activating group) is 1. The predicted octanol–water partition coefficient (Wildman–Crippen LogP) is 3.08. The molecule has 2 heteroatoms. The fraction of sp³-hybridized carbons (Fsp3) is 0.647. The van der Waals surface area contributed by atoms with Crippen molar-refractivity contribution in [1.82, 2.24) is 4.90 Å². The molecule has 0 radical (unpaired) electrons. The quantitative estimate of drug-likeness (QED) is 0.772. The Bertz CT molecular complexity index is 512. The zero-order chi connectivity index (χ0) is 13.0. The molecule has 1 saturated carbocycles. The lowest BCUT2D eigenvalue weighted by Crippen LogP contribution is -2.59. The van der Waals surface area contributed by atoms with E-state index in [0.717, 1.165) is 12.0 Å². The van der Waals surface area contributed by atoms with Gasteiger partial charge >= 0.3 is 0 Å². The molecule has 2 nitrogen and oxygen atoms in total. The molecular formula is C17H23NO. The minimum absolute atomic E-state index is 0.377. The molecule has 3 atom stereocenters. The van der Waals surface area contributed by atoms with E-state index >= 15 is 0 Å². The predicted molar refractivity (Wildman–Crippen MR) is 76.5 cm³/mol. The normalized spacial score (nSPS) is 37.5. The van der Waals surface area contributed by atoms with Crippen LogP contribution in [0.3, 0.4) is 0 Å². The highest BCUT2D eigenvalue weighted by atomic mass is 16.3. The number of benzene rings is 1. The monoisotopic (exact) mass is 257 g/mol. The van der Waals surface area contributed by atoms with Crippen molar-refractivity contribution < 1.29 is 5.11 Å². The number of likely N-dealkylation sites (tertiary alicyclic amines) is 1. The lowest BCUT2D eigenvalue weighted by atomic mass is 9.52. The van der Waals surface area contributed by atoms with Crippen molar-refractivity contribution in [2.24, 2.45) is 5.92 Å². The summed E-state index contributed by atoms with van der Waals surface area (Å²) in [4.78, 5) is 2.59. The van der Waals surface area contributed by atoms with E-state index in [4.69, 9.17) is 0 Å². The van der Waals surface area contributed by atoms with Crippen LogP contribution in [-0.2, 0) is 11.8 Å². The number of hydrogen-bond acceptors (Lipinski definition) is 2. The second kappa shape index (κ2) is 3.99. The van der Waals surface area contributed by atoms with Gasteiger partial charge in [0.25, 0.3) is 0 Å². The molecule has 1 aromatic rings. The molecule has 102 valence electrons. The fourth-order valence-electron chi connectivity index (χ4n) is 5.18. The molecule has 0 spiro atoms. The molecule has 1 heterocycles. The van der Waals surface area contributed by atoms with Gasteiger partial charge < -0.3 is 10.0 Å². The number of nitrogens with zero attached hydrogens (tertiary/aromatic N) is 1. The highest BCUT2D eigenvalue weighted by Gasteiger charge is 2.52. The van der Waals surface area contributed by atoms with Crippen molar-refractivity contribution >= 4 is 0 Å². The minimum atomic E-state index is 0.377. The van der Waals surface area contributed by atoms with E-state index in [1.165, 1.54) is 56.2 Å². The summed E-state index contributed by atoms with van der Waals surface area (Å²) < 4.78 is 0. The van der Waals surface area contributed by atoms with Crippen LogP contribution < -0.4 is 0 Å². The maximum atomic E-state index is 9.91. The third-order valence-electron chi connectivity index (χ3n) is 6.10. The van der Waals surface area contributed by atoms with Gasteiger partial charge in [-0.3, -0.25) is 0 Å². The molecule has 1 aliphatic heterocycles. The van der Waals surface area contributed by atoms with E-state index in [1.54, 1.807) is 0 Å². The number of phenolic OH excluding ortho intramolecular Hbond substituents is 1. The second-order valence-electron chi connectivity index (χ2n) is 6.85. The van der Waals surface area contributed by atoms with E-state index in [0.29, 0.717) is 11.2 Å². The summed E-state index contributed by atoms with van der Waals surface area (Å²) in [6, 6.07) is 6.85. The highest BCUT2D eigenvalue weighted by Crippen LogP contribution is 2.55. The van der Waals surface area contributed by atoms with Crippen LogP contribution in [0.2, 0.25) is 0 Å². The van der Waals surface area contributed by atoms with Crippen LogP contribution in [-0.4, -0.2) is 29.6 Å². The molecule has 4 rings (SSSR count). The van der Waals surface area contributed by atoms with Crippen LogP contribution in [0.15, 0.2) is 18.2 Å². The lowest BCUT2D eigenvalue weighted by molar-refractivity contribution is 0.00274. The molecule has 19 heavy (non-hydrogen) atoms. The number of aromatic hydroxyl groups is 1. The molecule has 0 aromatic heterocycles. The Morgan fingerprint density at radius 3 is 3.05 bits per heavy atom. The molecule has 0 unspecified atom stereocenters. The van der Waals surface area contributed by atoms with Crippen molar-refractivity contribution in [3.8, 4) is 5.75 Å². The number of fused-ring (bicyclic) bond motifs is 1. The van der Waals surface area contributed by atoms with Crippen molar-refractivity contribution in [2.75, 3.05) is 13.6 Å².